The molecule has 0 unspecified atom stereocenters. The van der Waals surface area contributed by atoms with E-state index >= 15 is 0 Å². The van der Waals surface area contributed by atoms with Crippen LogP contribution in [0.5, 0.6) is 11.5 Å². The zero-order valence-electron chi connectivity index (χ0n) is 18.4. The highest BCUT2D eigenvalue weighted by atomic mass is 16.5. The van der Waals surface area contributed by atoms with E-state index in [9.17, 15) is 4.79 Å². The van der Waals surface area contributed by atoms with Crippen molar-refractivity contribution in [1.82, 2.24) is 19.9 Å². The molecular formula is C22H29N5O3. The number of fused-ring (bicyclic) bond motifs is 1. The number of amides is 1. The highest BCUT2D eigenvalue weighted by Crippen LogP contribution is 2.35. The van der Waals surface area contributed by atoms with Crippen LogP contribution >= 0.6 is 0 Å². The van der Waals surface area contributed by atoms with Crippen LogP contribution in [0, 0.1) is 19.8 Å². The average molecular weight is 412 g/mol. The van der Waals surface area contributed by atoms with E-state index in [4.69, 9.17) is 19.6 Å². The van der Waals surface area contributed by atoms with Gasteiger partial charge in [-0.15, -0.1) is 0 Å². The highest BCUT2D eigenvalue weighted by Gasteiger charge is 2.18. The molecule has 2 heterocycles. The lowest BCUT2D eigenvalue weighted by Gasteiger charge is -2.12. The number of aromatic nitrogens is 3. The first-order valence-electron chi connectivity index (χ1n) is 9.96. The van der Waals surface area contributed by atoms with Gasteiger partial charge in [0.1, 0.15) is 5.82 Å². The van der Waals surface area contributed by atoms with E-state index in [-0.39, 0.29) is 11.8 Å². The van der Waals surface area contributed by atoms with Crippen molar-refractivity contribution in [2.24, 2.45) is 5.92 Å². The molecule has 0 bridgehead atoms. The van der Waals surface area contributed by atoms with Gasteiger partial charge in [0.05, 0.1) is 19.9 Å². The largest absolute Gasteiger partial charge is 0.493 e. The third-order valence-corrected chi connectivity index (χ3v) is 4.82. The molecular weight excluding hydrogens is 382 g/mol. The van der Waals surface area contributed by atoms with Crippen LogP contribution in [0.3, 0.4) is 0 Å². The van der Waals surface area contributed by atoms with Crippen LogP contribution in [-0.4, -0.2) is 47.8 Å². The van der Waals surface area contributed by atoms with Gasteiger partial charge in [-0.2, -0.15) is 9.61 Å². The second kappa shape index (κ2) is 9.02. The van der Waals surface area contributed by atoms with Crippen molar-refractivity contribution in [2.75, 3.05) is 32.6 Å². The number of benzene rings is 1. The normalized spacial score (nSPS) is 11.0. The average Bonchev–Trinajstić information content (AvgIpc) is 3.05. The summed E-state index contributed by atoms with van der Waals surface area (Å²) in [6.45, 7) is 8.78. The van der Waals surface area contributed by atoms with Crippen molar-refractivity contribution in [1.29, 1.82) is 0 Å². The Kier molecular flexibility index (Phi) is 6.44. The first-order valence-corrected chi connectivity index (χ1v) is 9.96. The number of hydrogen-bond donors (Lipinski definition) is 2. The summed E-state index contributed by atoms with van der Waals surface area (Å²) in [7, 11) is 3.23. The SMILES string of the molecule is COc1ccc(-c2c(C)nn3c(NCCNC(=O)C(C)C)cc(C)nc23)cc1OC. The molecule has 0 radical (unpaired) electrons. The van der Waals surface area contributed by atoms with Gasteiger partial charge in [0, 0.05) is 36.3 Å². The molecule has 30 heavy (non-hydrogen) atoms. The van der Waals surface area contributed by atoms with Crippen molar-refractivity contribution >= 4 is 17.4 Å². The third-order valence-electron chi connectivity index (χ3n) is 4.82. The Balaban J connectivity index is 1.93. The fraction of sp³-hybridized carbons (Fsp3) is 0.409. The number of methoxy groups -OCH3 is 2. The summed E-state index contributed by atoms with van der Waals surface area (Å²) in [5, 5.41) is 11.0. The third kappa shape index (κ3) is 4.32. The molecule has 3 rings (SSSR count). The second-order valence-electron chi connectivity index (χ2n) is 7.42. The van der Waals surface area contributed by atoms with Crippen molar-refractivity contribution in [2.45, 2.75) is 27.7 Å². The highest BCUT2D eigenvalue weighted by molar-refractivity contribution is 5.82. The molecule has 0 atom stereocenters. The molecule has 0 saturated heterocycles. The zero-order chi connectivity index (χ0) is 21.8. The van der Waals surface area contributed by atoms with E-state index in [0.29, 0.717) is 24.6 Å². The minimum absolute atomic E-state index is 0.0299. The Hall–Kier alpha value is -3.29. The minimum atomic E-state index is -0.0299. The summed E-state index contributed by atoms with van der Waals surface area (Å²) in [5.74, 6) is 2.16. The maximum atomic E-state index is 11.7. The van der Waals surface area contributed by atoms with E-state index in [1.807, 2.05) is 52.0 Å². The summed E-state index contributed by atoms with van der Waals surface area (Å²) in [5.41, 5.74) is 4.38. The predicted octanol–water partition coefficient (Wildman–Crippen LogP) is 3.21. The summed E-state index contributed by atoms with van der Waals surface area (Å²) < 4.78 is 12.6. The molecule has 0 spiro atoms. The first kappa shape index (κ1) is 21.4. The molecule has 8 heteroatoms. The Morgan fingerprint density at radius 2 is 1.83 bits per heavy atom. The number of carbonyl (C=O) groups is 1. The van der Waals surface area contributed by atoms with Crippen LogP contribution in [0.25, 0.3) is 16.8 Å². The molecule has 0 fully saturated rings. The van der Waals surface area contributed by atoms with Gasteiger partial charge >= 0.3 is 0 Å². The Morgan fingerprint density at radius 3 is 2.50 bits per heavy atom. The van der Waals surface area contributed by atoms with Gasteiger partial charge in [-0.05, 0) is 31.5 Å². The molecule has 1 amide bonds. The van der Waals surface area contributed by atoms with Gasteiger partial charge in [-0.1, -0.05) is 19.9 Å². The molecule has 0 saturated carbocycles. The number of anilines is 1. The predicted molar refractivity (Wildman–Crippen MR) is 117 cm³/mol. The summed E-state index contributed by atoms with van der Waals surface area (Å²) in [6, 6.07) is 7.73. The maximum Gasteiger partial charge on any atom is 0.222 e. The monoisotopic (exact) mass is 411 g/mol. The van der Waals surface area contributed by atoms with Gasteiger partial charge in [-0.25, -0.2) is 4.98 Å². The number of aryl methyl sites for hydroxylation is 2. The lowest BCUT2D eigenvalue weighted by Crippen LogP contribution is -2.32. The summed E-state index contributed by atoms with van der Waals surface area (Å²) in [6.07, 6.45) is 0. The number of nitrogens with zero attached hydrogens (tertiary/aromatic N) is 3. The molecule has 8 nitrogen and oxygen atoms in total. The lowest BCUT2D eigenvalue weighted by molar-refractivity contribution is -0.123. The standard InChI is InChI=1S/C22H29N5O3/c1-13(2)22(28)24-10-9-23-19-11-14(3)25-21-20(15(4)26-27(19)21)16-7-8-17(29-5)18(12-16)30-6/h7-8,11-13,23H,9-10H2,1-6H3,(H,24,28). The Bertz CT molecular complexity index is 1060. The zero-order valence-corrected chi connectivity index (χ0v) is 18.4. The molecule has 0 aliphatic rings. The van der Waals surface area contributed by atoms with Gasteiger partial charge in [0.2, 0.25) is 5.91 Å². The Morgan fingerprint density at radius 1 is 1.10 bits per heavy atom. The second-order valence-corrected chi connectivity index (χ2v) is 7.42. The van der Waals surface area contributed by atoms with Crippen LogP contribution in [0.4, 0.5) is 5.82 Å². The van der Waals surface area contributed by atoms with Crippen LogP contribution in [0.1, 0.15) is 25.2 Å². The molecule has 1 aromatic carbocycles. The van der Waals surface area contributed by atoms with Gasteiger partial charge in [-0.3, -0.25) is 4.79 Å². The minimum Gasteiger partial charge on any atom is -0.493 e. The number of rotatable bonds is 8. The van der Waals surface area contributed by atoms with E-state index < -0.39 is 0 Å². The summed E-state index contributed by atoms with van der Waals surface area (Å²) >= 11 is 0. The summed E-state index contributed by atoms with van der Waals surface area (Å²) in [4.78, 5) is 16.5. The molecule has 2 N–H and O–H groups in total. The molecule has 2 aromatic heterocycles. The van der Waals surface area contributed by atoms with Crippen LogP contribution in [0.2, 0.25) is 0 Å². The van der Waals surface area contributed by atoms with Crippen LogP contribution in [-0.2, 0) is 4.79 Å². The van der Waals surface area contributed by atoms with Crippen LogP contribution in [0.15, 0.2) is 24.3 Å². The number of ether oxygens (including phenoxy) is 2. The van der Waals surface area contributed by atoms with E-state index in [0.717, 1.165) is 34.0 Å². The fourth-order valence-electron chi connectivity index (χ4n) is 3.28. The maximum absolute atomic E-state index is 11.7. The topological polar surface area (TPSA) is 89.8 Å². The molecule has 0 aliphatic heterocycles. The smallest absolute Gasteiger partial charge is 0.222 e. The van der Waals surface area contributed by atoms with Crippen molar-refractivity contribution < 1.29 is 14.3 Å². The fourth-order valence-corrected chi connectivity index (χ4v) is 3.28. The van der Waals surface area contributed by atoms with Crippen molar-refractivity contribution in [3.05, 3.63) is 35.7 Å². The molecule has 0 aliphatic carbocycles. The van der Waals surface area contributed by atoms with Crippen LogP contribution < -0.4 is 20.1 Å². The van der Waals surface area contributed by atoms with Crippen molar-refractivity contribution in [3.63, 3.8) is 0 Å². The Labute approximate surface area is 176 Å². The number of hydrogen-bond acceptors (Lipinski definition) is 6. The number of nitrogens with one attached hydrogen (secondary N) is 2. The first-order chi connectivity index (χ1) is 14.3. The van der Waals surface area contributed by atoms with E-state index in [2.05, 4.69) is 10.6 Å². The van der Waals surface area contributed by atoms with Gasteiger partial charge in [0.15, 0.2) is 17.1 Å². The molecule has 3 aromatic rings. The van der Waals surface area contributed by atoms with Gasteiger partial charge in [0.25, 0.3) is 0 Å². The lowest BCUT2D eigenvalue weighted by atomic mass is 10.1. The van der Waals surface area contributed by atoms with Crippen molar-refractivity contribution in [3.8, 4) is 22.6 Å². The quantitative estimate of drug-likeness (QED) is 0.553. The van der Waals surface area contributed by atoms with E-state index in [1.54, 1.807) is 18.7 Å². The number of carbonyl (C=O) groups excluding carboxylic acids is 1. The van der Waals surface area contributed by atoms with Gasteiger partial charge < -0.3 is 20.1 Å². The van der Waals surface area contributed by atoms with E-state index in [1.165, 1.54) is 0 Å². The molecule has 160 valence electrons.